The molecule has 15 heavy (non-hydrogen) atoms. The quantitative estimate of drug-likeness (QED) is 0.907. The van der Waals surface area contributed by atoms with Crippen LogP contribution in [0.2, 0.25) is 0 Å². The van der Waals surface area contributed by atoms with Gasteiger partial charge in [0.05, 0.1) is 6.54 Å². The third-order valence-electron chi connectivity index (χ3n) is 1.94. The molecular weight excluding hydrogens is 258 g/mol. The molecule has 2 rings (SSSR count). The van der Waals surface area contributed by atoms with E-state index < -0.39 is 0 Å². The van der Waals surface area contributed by atoms with Crippen LogP contribution in [0.4, 0.5) is 0 Å². The van der Waals surface area contributed by atoms with E-state index in [-0.39, 0.29) is 6.54 Å². The average Bonchev–Trinajstić information content (AvgIpc) is 2.64. The Balaban J connectivity index is 2.44. The summed E-state index contributed by atoms with van der Waals surface area (Å²) in [6.45, 7) is 2.28. The van der Waals surface area contributed by atoms with Crippen molar-refractivity contribution in [2.24, 2.45) is 5.73 Å². The second kappa shape index (κ2) is 4.12. The second-order valence-corrected chi connectivity index (χ2v) is 4.15. The number of rotatable bonds is 2. The summed E-state index contributed by atoms with van der Waals surface area (Å²) in [5, 5.41) is 3.85. The fourth-order valence-corrected chi connectivity index (χ4v) is 1.93. The van der Waals surface area contributed by atoms with Crippen LogP contribution in [-0.4, -0.2) is 10.1 Å². The summed E-state index contributed by atoms with van der Waals surface area (Å²) in [5.41, 5.74) is 7.45. The standard InChI is InChI=1S/C10H10BrN3O/c1-6-2-7(4-8(11)3-6)10-13-9(5-12)15-14-10/h2-4H,5,12H2,1H3. The summed E-state index contributed by atoms with van der Waals surface area (Å²) in [6, 6.07) is 5.96. The molecule has 2 aromatic rings. The first-order valence-electron chi connectivity index (χ1n) is 4.49. The maximum Gasteiger partial charge on any atom is 0.240 e. The predicted octanol–water partition coefficient (Wildman–Crippen LogP) is 2.27. The Kier molecular flexibility index (Phi) is 2.83. The van der Waals surface area contributed by atoms with Crippen LogP contribution in [0.15, 0.2) is 27.2 Å². The van der Waals surface area contributed by atoms with Crippen molar-refractivity contribution in [2.45, 2.75) is 13.5 Å². The molecule has 0 saturated carbocycles. The number of benzene rings is 1. The van der Waals surface area contributed by atoms with Crippen molar-refractivity contribution in [3.8, 4) is 11.4 Å². The Hall–Kier alpha value is -1.20. The molecule has 0 radical (unpaired) electrons. The van der Waals surface area contributed by atoms with Gasteiger partial charge in [-0.05, 0) is 30.7 Å². The lowest BCUT2D eigenvalue weighted by molar-refractivity contribution is 0.380. The minimum atomic E-state index is 0.264. The van der Waals surface area contributed by atoms with Crippen LogP contribution in [-0.2, 0) is 6.54 Å². The molecule has 5 heteroatoms. The Labute approximate surface area is 95.6 Å². The zero-order valence-electron chi connectivity index (χ0n) is 8.20. The number of hydrogen-bond acceptors (Lipinski definition) is 4. The van der Waals surface area contributed by atoms with Crippen LogP contribution in [0.3, 0.4) is 0 Å². The van der Waals surface area contributed by atoms with Crippen LogP contribution in [0.25, 0.3) is 11.4 Å². The zero-order valence-corrected chi connectivity index (χ0v) is 9.78. The minimum Gasteiger partial charge on any atom is -0.338 e. The first-order valence-corrected chi connectivity index (χ1v) is 5.28. The molecule has 0 atom stereocenters. The molecule has 4 nitrogen and oxygen atoms in total. The van der Waals surface area contributed by atoms with Gasteiger partial charge in [0.1, 0.15) is 0 Å². The molecule has 1 aromatic carbocycles. The van der Waals surface area contributed by atoms with E-state index in [0.717, 1.165) is 15.6 Å². The van der Waals surface area contributed by atoms with Gasteiger partial charge in [-0.25, -0.2) is 0 Å². The van der Waals surface area contributed by atoms with Crippen LogP contribution < -0.4 is 5.73 Å². The van der Waals surface area contributed by atoms with Gasteiger partial charge in [0.25, 0.3) is 0 Å². The lowest BCUT2D eigenvalue weighted by Crippen LogP contribution is -1.95. The van der Waals surface area contributed by atoms with E-state index in [9.17, 15) is 0 Å². The van der Waals surface area contributed by atoms with Crippen molar-refractivity contribution in [3.63, 3.8) is 0 Å². The topological polar surface area (TPSA) is 64.9 Å². The summed E-state index contributed by atoms with van der Waals surface area (Å²) in [4.78, 5) is 4.16. The maximum atomic E-state index is 5.40. The van der Waals surface area contributed by atoms with E-state index in [2.05, 4.69) is 26.1 Å². The van der Waals surface area contributed by atoms with Crippen molar-refractivity contribution in [1.29, 1.82) is 0 Å². The molecule has 2 N–H and O–H groups in total. The molecule has 0 aliphatic carbocycles. The fourth-order valence-electron chi connectivity index (χ4n) is 1.32. The fraction of sp³-hybridized carbons (Fsp3) is 0.200. The molecule has 1 aromatic heterocycles. The van der Waals surface area contributed by atoms with Gasteiger partial charge in [0, 0.05) is 10.0 Å². The summed E-state index contributed by atoms with van der Waals surface area (Å²) < 4.78 is 5.94. The predicted molar refractivity (Wildman–Crippen MR) is 60.1 cm³/mol. The van der Waals surface area contributed by atoms with E-state index in [1.807, 2.05) is 25.1 Å². The van der Waals surface area contributed by atoms with Crippen LogP contribution >= 0.6 is 15.9 Å². The summed E-state index contributed by atoms with van der Waals surface area (Å²) >= 11 is 3.42. The first kappa shape index (κ1) is 10.3. The van der Waals surface area contributed by atoms with Gasteiger partial charge in [0.2, 0.25) is 11.7 Å². The molecule has 78 valence electrons. The molecule has 0 bridgehead atoms. The molecule has 0 fully saturated rings. The van der Waals surface area contributed by atoms with Crippen molar-refractivity contribution < 1.29 is 4.52 Å². The Morgan fingerprint density at radius 3 is 2.80 bits per heavy atom. The summed E-state index contributed by atoms with van der Waals surface area (Å²) in [5.74, 6) is 1.02. The summed E-state index contributed by atoms with van der Waals surface area (Å²) in [6.07, 6.45) is 0. The molecule has 1 heterocycles. The molecular formula is C10H10BrN3O. The Bertz CT molecular complexity index is 461. The van der Waals surface area contributed by atoms with Crippen LogP contribution in [0.1, 0.15) is 11.5 Å². The number of halogens is 1. The van der Waals surface area contributed by atoms with Gasteiger partial charge in [-0.2, -0.15) is 4.98 Å². The highest BCUT2D eigenvalue weighted by Gasteiger charge is 2.08. The van der Waals surface area contributed by atoms with Crippen molar-refractivity contribution in [1.82, 2.24) is 10.1 Å². The normalized spacial score (nSPS) is 10.6. The van der Waals surface area contributed by atoms with Gasteiger partial charge >= 0.3 is 0 Å². The first-order chi connectivity index (χ1) is 7.19. The minimum absolute atomic E-state index is 0.264. The number of aryl methyl sites for hydroxylation is 1. The highest BCUT2D eigenvalue weighted by Crippen LogP contribution is 2.22. The zero-order chi connectivity index (χ0) is 10.8. The van der Waals surface area contributed by atoms with Gasteiger partial charge in [-0.3, -0.25) is 0 Å². The highest BCUT2D eigenvalue weighted by molar-refractivity contribution is 9.10. The van der Waals surface area contributed by atoms with E-state index in [1.54, 1.807) is 0 Å². The van der Waals surface area contributed by atoms with Gasteiger partial charge in [-0.15, -0.1) is 0 Å². The largest absolute Gasteiger partial charge is 0.338 e. The van der Waals surface area contributed by atoms with Crippen molar-refractivity contribution in [2.75, 3.05) is 0 Å². The van der Waals surface area contributed by atoms with E-state index in [4.69, 9.17) is 10.3 Å². The number of nitrogens with zero attached hydrogens (tertiary/aromatic N) is 2. The molecule has 0 amide bonds. The molecule has 0 aliphatic rings. The van der Waals surface area contributed by atoms with Crippen LogP contribution in [0.5, 0.6) is 0 Å². The van der Waals surface area contributed by atoms with Crippen LogP contribution in [0, 0.1) is 6.92 Å². The van der Waals surface area contributed by atoms with E-state index >= 15 is 0 Å². The summed E-state index contributed by atoms with van der Waals surface area (Å²) in [7, 11) is 0. The SMILES string of the molecule is Cc1cc(Br)cc(-c2noc(CN)n2)c1. The Morgan fingerprint density at radius 2 is 2.20 bits per heavy atom. The third-order valence-corrected chi connectivity index (χ3v) is 2.40. The lowest BCUT2D eigenvalue weighted by Gasteiger charge is -1.98. The molecule has 0 spiro atoms. The van der Waals surface area contributed by atoms with E-state index in [0.29, 0.717) is 11.7 Å². The monoisotopic (exact) mass is 267 g/mol. The highest BCUT2D eigenvalue weighted by atomic mass is 79.9. The smallest absolute Gasteiger partial charge is 0.240 e. The third kappa shape index (κ3) is 2.24. The van der Waals surface area contributed by atoms with E-state index in [1.165, 1.54) is 0 Å². The average molecular weight is 268 g/mol. The maximum absolute atomic E-state index is 5.40. The van der Waals surface area contributed by atoms with Crippen molar-refractivity contribution >= 4 is 15.9 Å². The van der Waals surface area contributed by atoms with Gasteiger partial charge in [-0.1, -0.05) is 21.1 Å². The molecule has 0 aliphatic heterocycles. The lowest BCUT2D eigenvalue weighted by atomic mass is 10.1. The number of aromatic nitrogens is 2. The number of nitrogens with two attached hydrogens (primary N) is 1. The van der Waals surface area contributed by atoms with Crippen molar-refractivity contribution in [3.05, 3.63) is 34.1 Å². The molecule has 0 saturated heterocycles. The number of hydrogen-bond donors (Lipinski definition) is 1. The van der Waals surface area contributed by atoms with Gasteiger partial charge < -0.3 is 10.3 Å². The Morgan fingerprint density at radius 1 is 1.40 bits per heavy atom. The second-order valence-electron chi connectivity index (χ2n) is 3.23. The molecule has 0 unspecified atom stereocenters. The van der Waals surface area contributed by atoms with Gasteiger partial charge in [0.15, 0.2) is 0 Å².